The predicted molar refractivity (Wildman–Crippen MR) is 67.5 cm³/mol. The van der Waals surface area contributed by atoms with Crippen molar-refractivity contribution in [1.82, 2.24) is 5.32 Å². The van der Waals surface area contributed by atoms with Gasteiger partial charge in [-0.05, 0) is 18.1 Å². The van der Waals surface area contributed by atoms with Gasteiger partial charge in [0.15, 0.2) is 0 Å². The van der Waals surface area contributed by atoms with Gasteiger partial charge in [0, 0.05) is 25.6 Å². The van der Waals surface area contributed by atoms with Crippen molar-refractivity contribution in [2.24, 2.45) is 0 Å². The van der Waals surface area contributed by atoms with Gasteiger partial charge in [-0.25, -0.2) is 0 Å². The van der Waals surface area contributed by atoms with E-state index in [9.17, 15) is 25.1 Å². The van der Waals surface area contributed by atoms with E-state index in [1.807, 2.05) is 0 Å². The lowest BCUT2D eigenvalue weighted by atomic mass is 10.0. The van der Waals surface area contributed by atoms with Crippen LogP contribution >= 0.6 is 0 Å². The molecule has 7 heteroatoms. The van der Waals surface area contributed by atoms with Crippen molar-refractivity contribution < 1.29 is 19.9 Å². The summed E-state index contributed by atoms with van der Waals surface area (Å²) < 4.78 is 0. The van der Waals surface area contributed by atoms with E-state index in [0.29, 0.717) is 5.56 Å². The van der Waals surface area contributed by atoms with E-state index >= 15 is 0 Å². The van der Waals surface area contributed by atoms with Gasteiger partial charge in [-0.15, -0.1) is 0 Å². The third-order valence-corrected chi connectivity index (χ3v) is 2.56. The number of non-ortho nitro benzene ring substituents is 1. The van der Waals surface area contributed by atoms with Crippen LogP contribution in [0.3, 0.4) is 0 Å². The Labute approximate surface area is 110 Å². The Hall–Kier alpha value is -1.99. The van der Waals surface area contributed by atoms with Crippen LogP contribution in [0.25, 0.3) is 0 Å². The summed E-state index contributed by atoms with van der Waals surface area (Å²) in [5.74, 6) is -0.332. The van der Waals surface area contributed by atoms with Gasteiger partial charge in [-0.2, -0.15) is 0 Å². The topological polar surface area (TPSA) is 113 Å². The van der Waals surface area contributed by atoms with Crippen LogP contribution in [0.15, 0.2) is 18.2 Å². The molecule has 0 fully saturated rings. The zero-order valence-corrected chi connectivity index (χ0v) is 10.7. The number of aliphatic hydroxyl groups excluding tert-OH is 2. The number of carbonyl (C=O) groups excluding carboxylic acids is 1. The van der Waals surface area contributed by atoms with Crippen LogP contribution in [-0.4, -0.2) is 33.7 Å². The lowest BCUT2D eigenvalue weighted by Crippen LogP contribution is -2.34. The number of nitrogens with zero attached hydrogens (tertiary/aromatic N) is 1. The van der Waals surface area contributed by atoms with E-state index in [4.69, 9.17) is 0 Å². The van der Waals surface area contributed by atoms with Crippen LogP contribution in [0, 0.1) is 17.0 Å². The maximum Gasteiger partial charge on any atom is 0.270 e. The van der Waals surface area contributed by atoms with Crippen molar-refractivity contribution >= 4 is 11.6 Å². The van der Waals surface area contributed by atoms with Gasteiger partial charge < -0.3 is 15.5 Å². The van der Waals surface area contributed by atoms with Crippen molar-refractivity contribution in [2.45, 2.75) is 26.1 Å². The van der Waals surface area contributed by atoms with Crippen molar-refractivity contribution in [3.05, 3.63) is 39.4 Å². The summed E-state index contributed by atoms with van der Waals surface area (Å²) in [5.41, 5.74) is 0.695. The molecule has 0 heterocycles. The molecule has 0 aliphatic rings. The minimum absolute atomic E-state index is 0.127. The molecule has 3 N–H and O–H groups in total. The fraction of sp³-hybridized carbons (Fsp3) is 0.417. The second-order valence-electron chi connectivity index (χ2n) is 4.31. The Balaban J connectivity index is 2.89. The van der Waals surface area contributed by atoms with Crippen molar-refractivity contribution in [3.8, 4) is 0 Å². The molecule has 0 radical (unpaired) electrons. The van der Waals surface area contributed by atoms with Crippen LogP contribution in [0.5, 0.6) is 0 Å². The Morgan fingerprint density at radius 3 is 2.58 bits per heavy atom. The van der Waals surface area contributed by atoms with Crippen LogP contribution in [0.1, 0.15) is 24.2 Å². The smallest absolute Gasteiger partial charge is 0.270 e. The van der Waals surface area contributed by atoms with Crippen LogP contribution < -0.4 is 5.32 Å². The first-order chi connectivity index (χ1) is 8.81. The largest absolute Gasteiger partial charge is 0.388 e. The number of nitrogens with one attached hydrogen (secondary N) is 1. The maximum absolute atomic E-state index is 10.7. The first kappa shape index (κ1) is 15.1. The van der Waals surface area contributed by atoms with E-state index in [-0.39, 0.29) is 23.7 Å². The second-order valence-corrected chi connectivity index (χ2v) is 4.31. The zero-order valence-electron chi connectivity index (χ0n) is 10.7. The van der Waals surface area contributed by atoms with Crippen molar-refractivity contribution in [2.75, 3.05) is 6.54 Å². The number of rotatable bonds is 5. The predicted octanol–water partition coefficient (Wildman–Crippen LogP) is 0.434. The van der Waals surface area contributed by atoms with Gasteiger partial charge >= 0.3 is 0 Å². The minimum atomic E-state index is -1.30. The number of nitro benzene ring substituents is 1. The highest BCUT2D eigenvalue weighted by Crippen LogP contribution is 2.23. The van der Waals surface area contributed by atoms with Crippen LogP contribution in [0.4, 0.5) is 5.69 Å². The Morgan fingerprint density at radius 2 is 2.05 bits per heavy atom. The fourth-order valence-corrected chi connectivity index (χ4v) is 1.65. The lowest BCUT2D eigenvalue weighted by Gasteiger charge is -2.18. The summed E-state index contributed by atoms with van der Waals surface area (Å²) in [7, 11) is 0. The summed E-state index contributed by atoms with van der Waals surface area (Å²) in [6.07, 6.45) is -2.53. The molecule has 1 amide bonds. The molecule has 1 rings (SSSR count). The Morgan fingerprint density at radius 1 is 1.42 bits per heavy atom. The normalized spacial score (nSPS) is 13.7. The number of carbonyl (C=O) groups is 1. The molecule has 7 nitrogen and oxygen atoms in total. The van der Waals surface area contributed by atoms with E-state index in [0.717, 1.165) is 0 Å². The van der Waals surface area contributed by atoms with E-state index in [1.165, 1.54) is 19.1 Å². The van der Waals surface area contributed by atoms with Crippen molar-refractivity contribution in [1.29, 1.82) is 0 Å². The van der Waals surface area contributed by atoms with Gasteiger partial charge in [-0.3, -0.25) is 14.9 Å². The molecule has 0 spiro atoms. The number of hydrogen-bond acceptors (Lipinski definition) is 5. The van der Waals surface area contributed by atoms with E-state index in [1.54, 1.807) is 13.0 Å². The molecule has 0 saturated carbocycles. The highest BCUT2D eigenvalue weighted by Gasteiger charge is 2.21. The summed E-state index contributed by atoms with van der Waals surface area (Å²) in [6, 6.07) is 4.12. The number of amides is 1. The van der Waals surface area contributed by atoms with Gasteiger partial charge in [-0.1, -0.05) is 6.07 Å². The first-order valence-corrected chi connectivity index (χ1v) is 5.68. The molecule has 0 saturated heterocycles. The van der Waals surface area contributed by atoms with Crippen LogP contribution in [0.2, 0.25) is 0 Å². The number of hydrogen-bond donors (Lipinski definition) is 3. The zero-order chi connectivity index (χ0) is 14.6. The van der Waals surface area contributed by atoms with Gasteiger partial charge in [0.05, 0.1) is 4.92 Å². The molecule has 0 aromatic heterocycles. The van der Waals surface area contributed by atoms with Crippen molar-refractivity contribution in [3.63, 3.8) is 0 Å². The van der Waals surface area contributed by atoms with E-state index in [2.05, 4.69) is 5.32 Å². The molecule has 0 bridgehead atoms. The average molecular weight is 268 g/mol. The summed E-state index contributed by atoms with van der Waals surface area (Å²) in [6.45, 7) is 2.82. The molecule has 19 heavy (non-hydrogen) atoms. The monoisotopic (exact) mass is 268 g/mol. The molecule has 0 aliphatic heterocycles. The third-order valence-electron chi connectivity index (χ3n) is 2.56. The number of aryl methyl sites for hydroxylation is 1. The average Bonchev–Trinajstić information content (AvgIpc) is 2.34. The molecule has 0 aliphatic carbocycles. The van der Waals surface area contributed by atoms with Gasteiger partial charge in [0.2, 0.25) is 5.91 Å². The molecular weight excluding hydrogens is 252 g/mol. The number of aliphatic hydroxyl groups is 2. The van der Waals surface area contributed by atoms with E-state index < -0.39 is 17.1 Å². The highest BCUT2D eigenvalue weighted by atomic mass is 16.6. The summed E-state index contributed by atoms with van der Waals surface area (Å²) in [4.78, 5) is 20.9. The fourth-order valence-electron chi connectivity index (χ4n) is 1.65. The Bertz CT molecular complexity index is 489. The Kier molecular flexibility index (Phi) is 4.96. The standard InChI is InChI=1S/C12H16N2O5/c1-7-3-9(5-10(4-7)14(18)19)12(17)11(16)6-13-8(2)15/h3-5,11-12,16-17H,6H2,1-2H3,(H,13,15). The van der Waals surface area contributed by atoms with Gasteiger partial charge in [0.25, 0.3) is 5.69 Å². The van der Waals surface area contributed by atoms with Gasteiger partial charge in [0.1, 0.15) is 12.2 Å². The number of nitro groups is 1. The summed E-state index contributed by atoms with van der Waals surface area (Å²) >= 11 is 0. The highest BCUT2D eigenvalue weighted by molar-refractivity contribution is 5.72. The SMILES string of the molecule is CC(=O)NCC(O)C(O)c1cc(C)cc([N+](=O)[O-])c1. The number of benzene rings is 1. The van der Waals surface area contributed by atoms with Crippen LogP contribution in [-0.2, 0) is 4.79 Å². The minimum Gasteiger partial charge on any atom is -0.388 e. The summed E-state index contributed by atoms with van der Waals surface area (Å²) in [5, 5.41) is 32.7. The molecule has 2 atom stereocenters. The first-order valence-electron chi connectivity index (χ1n) is 5.68. The lowest BCUT2D eigenvalue weighted by molar-refractivity contribution is -0.385. The second kappa shape index (κ2) is 6.26. The molecular formula is C12H16N2O5. The molecule has 1 aromatic carbocycles. The molecule has 104 valence electrons. The quantitative estimate of drug-likeness (QED) is 0.529. The molecule has 2 unspecified atom stereocenters. The maximum atomic E-state index is 10.7. The third kappa shape index (κ3) is 4.31. The molecule has 1 aromatic rings.